The van der Waals surface area contributed by atoms with Crippen molar-refractivity contribution in [3.8, 4) is 0 Å². The minimum Gasteiger partial charge on any atom is -0.317 e. The fourth-order valence-corrected chi connectivity index (χ4v) is 4.47. The molecule has 1 saturated carbocycles. The Morgan fingerprint density at radius 1 is 1.19 bits per heavy atom. The highest BCUT2D eigenvalue weighted by molar-refractivity contribution is 7.15. The van der Waals surface area contributed by atoms with Crippen LogP contribution in [-0.4, -0.2) is 36.9 Å². The predicted octanol–water partition coefficient (Wildman–Crippen LogP) is 3.24. The summed E-state index contributed by atoms with van der Waals surface area (Å²) in [5.41, 5.74) is 1.13. The van der Waals surface area contributed by atoms with Gasteiger partial charge in [0.1, 0.15) is 0 Å². The van der Waals surface area contributed by atoms with E-state index in [9.17, 15) is 9.59 Å². The summed E-state index contributed by atoms with van der Waals surface area (Å²) in [6.07, 6.45) is 5.97. The number of anilines is 2. The van der Waals surface area contributed by atoms with Gasteiger partial charge in [-0.1, -0.05) is 12.1 Å². The molecule has 0 bridgehead atoms. The first kappa shape index (κ1) is 18.1. The maximum atomic E-state index is 12.8. The van der Waals surface area contributed by atoms with Crippen LogP contribution < -0.4 is 15.5 Å². The van der Waals surface area contributed by atoms with E-state index in [1.807, 2.05) is 24.4 Å². The lowest BCUT2D eigenvalue weighted by atomic mass is 9.97. The van der Waals surface area contributed by atoms with E-state index in [-0.39, 0.29) is 17.7 Å². The molecule has 1 aliphatic carbocycles. The standard InChI is InChI=1S/C20H24N4O2S/c1-24(19(26)14-6-7-14)16-5-3-2-4-15(16)18(25)23-20-22-12-17(27-20)13-8-10-21-11-9-13/h2-5,12-14,21H,6-11H2,1H3,(H,22,23,25). The Morgan fingerprint density at radius 2 is 1.93 bits per heavy atom. The van der Waals surface area contributed by atoms with Gasteiger partial charge in [-0.25, -0.2) is 4.98 Å². The number of aromatic nitrogens is 1. The van der Waals surface area contributed by atoms with E-state index in [0.29, 0.717) is 22.3 Å². The van der Waals surface area contributed by atoms with E-state index in [1.165, 1.54) is 4.88 Å². The number of para-hydroxylation sites is 1. The third kappa shape index (κ3) is 4.04. The number of hydrogen-bond acceptors (Lipinski definition) is 5. The molecular formula is C20H24N4O2S. The molecule has 2 N–H and O–H groups in total. The molecular weight excluding hydrogens is 360 g/mol. The molecule has 2 fully saturated rings. The Hall–Kier alpha value is -2.25. The summed E-state index contributed by atoms with van der Waals surface area (Å²) < 4.78 is 0. The lowest BCUT2D eigenvalue weighted by Crippen LogP contribution is -2.29. The zero-order chi connectivity index (χ0) is 18.8. The molecule has 0 atom stereocenters. The lowest BCUT2D eigenvalue weighted by Gasteiger charge is -2.20. The summed E-state index contributed by atoms with van der Waals surface area (Å²) in [6.45, 7) is 2.05. The van der Waals surface area contributed by atoms with Gasteiger partial charge in [-0.2, -0.15) is 0 Å². The van der Waals surface area contributed by atoms with Crippen LogP contribution in [0.15, 0.2) is 30.5 Å². The molecule has 1 saturated heterocycles. The molecule has 1 aromatic carbocycles. The van der Waals surface area contributed by atoms with Gasteiger partial charge in [-0.3, -0.25) is 14.9 Å². The smallest absolute Gasteiger partial charge is 0.259 e. The van der Waals surface area contributed by atoms with Crippen LogP contribution in [0, 0.1) is 5.92 Å². The molecule has 1 aromatic heterocycles. The molecule has 142 valence electrons. The van der Waals surface area contributed by atoms with Gasteiger partial charge in [-0.15, -0.1) is 11.3 Å². The average molecular weight is 385 g/mol. The van der Waals surface area contributed by atoms with Crippen molar-refractivity contribution < 1.29 is 9.59 Å². The monoisotopic (exact) mass is 384 g/mol. The van der Waals surface area contributed by atoms with Gasteiger partial charge < -0.3 is 10.2 Å². The van der Waals surface area contributed by atoms with E-state index < -0.39 is 0 Å². The fourth-order valence-electron chi connectivity index (χ4n) is 3.49. The highest BCUT2D eigenvalue weighted by atomic mass is 32.1. The Kier molecular flexibility index (Phi) is 5.22. The Labute approximate surface area is 163 Å². The molecule has 4 rings (SSSR count). The second-order valence-corrected chi connectivity index (χ2v) is 8.30. The molecule has 0 unspecified atom stereocenters. The number of thiazole rings is 1. The molecule has 2 heterocycles. The lowest BCUT2D eigenvalue weighted by molar-refractivity contribution is -0.119. The van der Waals surface area contributed by atoms with Gasteiger partial charge in [0.05, 0.1) is 11.3 Å². The van der Waals surface area contributed by atoms with Crippen LogP contribution in [-0.2, 0) is 4.79 Å². The maximum absolute atomic E-state index is 12.8. The molecule has 0 spiro atoms. The Morgan fingerprint density at radius 3 is 2.67 bits per heavy atom. The predicted molar refractivity (Wildman–Crippen MR) is 107 cm³/mol. The van der Waals surface area contributed by atoms with Crippen molar-refractivity contribution in [1.29, 1.82) is 0 Å². The summed E-state index contributed by atoms with van der Waals surface area (Å²) in [4.78, 5) is 32.5. The van der Waals surface area contributed by atoms with Crippen LogP contribution >= 0.6 is 11.3 Å². The van der Waals surface area contributed by atoms with Crippen molar-refractivity contribution in [2.24, 2.45) is 5.92 Å². The van der Waals surface area contributed by atoms with E-state index >= 15 is 0 Å². The first-order chi connectivity index (χ1) is 13.1. The molecule has 6 nitrogen and oxygen atoms in total. The number of hydrogen-bond donors (Lipinski definition) is 2. The van der Waals surface area contributed by atoms with Crippen LogP contribution in [0.2, 0.25) is 0 Å². The number of rotatable bonds is 5. The minimum absolute atomic E-state index is 0.0812. The van der Waals surface area contributed by atoms with Crippen molar-refractivity contribution in [2.45, 2.75) is 31.6 Å². The number of piperidine rings is 1. The summed E-state index contributed by atoms with van der Waals surface area (Å²) in [6, 6.07) is 7.23. The van der Waals surface area contributed by atoms with E-state index in [1.54, 1.807) is 29.4 Å². The molecule has 0 radical (unpaired) electrons. The topological polar surface area (TPSA) is 74.3 Å². The summed E-state index contributed by atoms with van der Waals surface area (Å²) >= 11 is 1.55. The highest BCUT2D eigenvalue weighted by Crippen LogP contribution is 2.34. The van der Waals surface area contributed by atoms with Crippen molar-refractivity contribution >= 4 is 34.0 Å². The third-order valence-electron chi connectivity index (χ3n) is 5.25. The molecule has 2 aromatic rings. The fraction of sp³-hybridized carbons (Fsp3) is 0.450. The number of amides is 2. The first-order valence-electron chi connectivity index (χ1n) is 9.48. The van der Waals surface area contributed by atoms with Crippen molar-refractivity contribution in [1.82, 2.24) is 10.3 Å². The van der Waals surface area contributed by atoms with Crippen LogP contribution in [0.5, 0.6) is 0 Å². The van der Waals surface area contributed by atoms with Crippen LogP contribution in [0.25, 0.3) is 0 Å². The molecule has 2 amide bonds. The van der Waals surface area contributed by atoms with Crippen LogP contribution in [0.4, 0.5) is 10.8 Å². The number of nitrogens with zero attached hydrogens (tertiary/aromatic N) is 2. The molecule has 2 aliphatic rings. The van der Waals surface area contributed by atoms with E-state index in [2.05, 4.69) is 15.6 Å². The third-order valence-corrected chi connectivity index (χ3v) is 6.33. The number of nitrogens with one attached hydrogen (secondary N) is 2. The zero-order valence-electron chi connectivity index (χ0n) is 15.4. The summed E-state index contributed by atoms with van der Waals surface area (Å²) in [5.74, 6) is 0.478. The van der Waals surface area contributed by atoms with Gasteiger partial charge in [-0.05, 0) is 56.8 Å². The zero-order valence-corrected chi connectivity index (χ0v) is 16.2. The second-order valence-electron chi connectivity index (χ2n) is 7.23. The number of carbonyl (C=O) groups is 2. The normalized spacial score (nSPS) is 17.5. The minimum atomic E-state index is -0.229. The second kappa shape index (κ2) is 7.78. The molecule has 27 heavy (non-hydrogen) atoms. The van der Waals surface area contributed by atoms with Crippen molar-refractivity contribution in [3.63, 3.8) is 0 Å². The molecule has 1 aliphatic heterocycles. The number of carbonyl (C=O) groups excluding carboxylic acids is 2. The number of benzene rings is 1. The van der Waals surface area contributed by atoms with Crippen LogP contribution in [0.3, 0.4) is 0 Å². The van der Waals surface area contributed by atoms with E-state index in [4.69, 9.17) is 0 Å². The quantitative estimate of drug-likeness (QED) is 0.830. The van der Waals surface area contributed by atoms with E-state index in [0.717, 1.165) is 38.8 Å². The van der Waals surface area contributed by atoms with Crippen molar-refractivity contribution in [3.05, 3.63) is 40.9 Å². The van der Waals surface area contributed by atoms with Gasteiger partial charge in [0.15, 0.2) is 5.13 Å². The van der Waals surface area contributed by atoms with Gasteiger partial charge in [0, 0.05) is 24.0 Å². The first-order valence-corrected chi connectivity index (χ1v) is 10.3. The molecule has 7 heteroatoms. The summed E-state index contributed by atoms with van der Waals surface area (Å²) in [7, 11) is 1.74. The van der Waals surface area contributed by atoms with Gasteiger partial charge in [0.25, 0.3) is 5.91 Å². The average Bonchev–Trinajstić information content (AvgIpc) is 3.46. The Bertz CT molecular complexity index is 840. The Balaban J connectivity index is 1.48. The highest BCUT2D eigenvalue weighted by Gasteiger charge is 2.33. The summed E-state index contributed by atoms with van der Waals surface area (Å²) in [5, 5.41) is 6.89. The maximum Gasteiger partial charge on any atom is 0.259 e. The largest absolute Gasteiger partial charge is 0.317 e. The van der Waals surface area contributed by atoms with Gasteiger partial charge >= 0.3 is 0 Å². The van der Waals surface area contributed by atoms with Crippen molar-refractivity contribution in [2.75, 3.05) is 30.4 Å². The van der Waals surface area contributed by atoms with Gasteiger partial charge in [0.2, 0.25) is 5.91 Å². The SMILES string of the molecule is CN(C(=O)C1CC1)c1ccccc1C(=O)Nc1ncc(C2CCNCC2)s1. The van der Waals surface area contributed by atoms with Crippen LogP contribution in [0.1, 0.15) is 46.8 Å².